The second kappa shape index (κ2) is 5.07. The molecule has 16 heavy (non-hydrogen) atoms. The van der Waals surface area contributed by atoms with Crippen LogP contribution in [0, 0.1) is 11.8 Å². The maximum atomic E-state index is 11.5. The van der Waals surface area contributed by atoms with Crippen LogP contribution in [0.5, 0.6) is 0 Å². The average Bonchev–Trinajstić information content (AvgIpc) is 2.21. The van der Waals surface area contributed by atoms with E-state index in [0.29, 0.717) is 12.1 Å². The first kappa shape index (κ1) is 12.6. The minimum absolute atomic E-state index is 0.0607. The molecule has 6 heteroatoms. The molecule has 0 aliphatic carbocycles. The smallest absolute Gasteiger partial charge is 0.232 e. The van der Waals surface area contributed by atoms with E-state index in [-0.39, 0.29) is 11.4 Å². The lowest BCUT2D eigenvalue weighted by Gasteiger charge is -2.09. The van der Waals surface area contributed by atoms with E-state index in [1.807, 2.05) is 0 Å². The maximum absolute atomic E-state index is 11.5. The number of nitrogens with zero attached hydrogens (tertiary/aromatic N) is 1. The van der Waals surface area contributed by atoms with Crippen molar-refractivity contribution in [3.63, 3.8) is 0 Å². The van der Waals surface area contributed by atoms with Gasteiger partial charge in [-0.05, 0) is 36.2 Å². The van der Waals surface area contributed by atoms with Crippen LogP contribution < -0.4 is 4.72 Å². The monoisotopic (exact) mass is 242 g/mol. The Bertz CT molecular complexity index is 483. The van der Waals surface area contributed by atoms with Gasteiger partial charge in [-0.25, -0.2) is 8.42 Å². The van der Waals surface area contributed by atoms with E-state index < -0.39 is 10.0 Å². The molecule has 0 spiro atoms. The van der Waals surface area contributed by atoms with Crippen LogP contribution >= 0.6 is 0 Å². The SMILES string of the molecule is CCCS(=O)(=O)Nc1cc(N=O)ccc1C. The topological polar surface area (TPSA) is 75.6 Å². The van der Waals surface area contributed by atoms with Gasteiger partial charge in [0.1, 0.15) is 5.69 Å². The molecule has 0 fully saturated rings. The highest BCUT2D eigenvalue weighted by Crippen LogP contribution is 2.23. The number of anilines is 1. The number of nitrogens with one attached hydrogen (secondary N) is 1. The third kappa shape index (κ3) is 3.30. The van der Waals surface area contributed by atoms with Crippen molar-refractivity contribution in [2.75, 3.05) is 10.5 Å². The molecule has 0 saturated carbocycles. The Morgan fingerprint density at radius 2 is 2.06 bits per heavy atom. The predicted molar refractivity (Wildman–Crippen MR) is 64.3 cm³/mol. The summed E-state index contributed by atoms with van der Waals surface area (Å²) in [5.74, 6) is 0.0607. The molecule has 1 rings (SSSR count). The van der Waals surface area contributed by atoms with E-state index in [9.17, 15) is 13.3 Å². The lowest BCUT2D eigenvalue weighted by atomic mass is 10.2. The first-order chi connectivity index (χ1) is 7.48. The highest BCUT2D eigenvalue weighted by molar-refractivity contribution is 7.92. The average molecular weight is 242 g/mol. The summed E-state index contributed by atoms with van der Waals surface area (Å²) in [7, 11) is -3.33. The van der Waals surface area contributed by atoms with Crippen molar-refractivity contribution in [1.29, 1.82) is 0 Å². The third-order valence-corrected chi connectivity index (χ3v) is 3.54. The molecule has 0 heterocycles. The van der Waals surface area contributed by atoms with Gasteiger partial charge in [-0.3, -0.25) is 4.72 Å². The van der Waals surface area contributed by atoms with Crippen molar-refractivity contribution in [3.05, 3.63) is 28.7 Å². The van der Waals surface area contributed by atoms with Gasteiger partial charge in [0.05, 0.1) is 11.4 Å². The summed E-state index contributed by atoms with van der Waals surface area (Å²) in [4.78, 5) is 10.3. The molecule has 0 radical (unpaired) electrons. The van der Waals surface area contributed by atoms with E-state index >= 15 is 0 Å². The molecule has 0 unspecified atom stereocenters. The van der Waals surface area contributed by atoms with Gasteiger partial charge in [0.2, 0.25) is 10.0 Å². The van der Waals surface area contributed by atoms with Crippen LogP contribution in [0.1, 0.15) is 18.9 Å². The zero-order valence-electron chi connectivity index (χ0n) is 9.23. The molecular weight excluding hydrogens is 228 g/mol. The molecule has 88 valence electrons. The number of nitroso groups, excluding NO2 is 1. The van der Waals surface area contributed by atoms with E-state index in [2.05, 4.69) is 9.90 Å². The lowest BCUT2D eigenvalue weighted by Crippen LogP contribution is -2.16. The van der Waals surface area contributed by atoms with Gasteiger partial charge in [0.15, 0.2) is 0 Å². The Morgan fingerprint density at radius 3 is 2.62 bits per heavy atom. The normalized spacial score (nSPS) is 11.1. The summed E-state index contributed by atoms with van der Waals surface area (Å²) >= 11 is 0. The van der Waals surface area contributed by atoms with Crippen LogP contribution in [0.15, 0.2) is 23.4 Å². The molecule has 0 bridgehead atoms. The van der Waals surface area contributed by atoms with Gasteiger partial charge in [-0.1, -0.05) is 13.0 Å². The lowest BCUT2D eigenvalue weighted by molar-refractivity contribution is 0.600. The molecule has 5 nitrogen and oxygen atoms in total. The van der Waals surface area contributed by atoms with Gasteiger partial charge < -0.3 is 0 Å². The van der Waals surface area contributed by atoms with E-state index in [1.165, 1.54) is 6.07 Å². The van der Waals surface area contributed by atoms with Crippen molar-refractivity contribution in [2.45, 2.75) is 20.3 Å². The van der Waals surface area contributed by atoms with Crippen LogP contribution in [0.3, 0.4) is 0 Å². The summed E-state index contributed by atoms with van der Waals surface area (Å²) in [6.07, 6.45) is 0.542. The second-order valence-corrected chi connectivity index (χ2v) is 5.35. The molecule has 1 aromatic carbocycles. The molecule has 0 amide bonds. The molecule has 0 aromatic heterocycles. The van der Waals surface area contributed by atoms with Crippen molar-refractivity contribution in [2.24, 2.45) is 5.18 Å². The summed E-state index contributed by atoms with van der Waals surface area (Å²) < 4.78 is 25.5. The van der Waals surface area contributed by atoms with Gasteiger partial charge in [-0.2, -0.15) is 0 Å². The number of benzene rings is 1. The summed E-state index contributed by atoms with van der Waals surface area (Å²) in [5.41, 5.74) is 1.37. The van der Waals surface area contributed by atoms with Crippen LogP contribution in [0.2, 0.25) is 0 Å². The Labute approximate surface area is 94.9 Å². The van der Waals surface area contributed by atoms with Gasteiger partial charge in [0.25, 0.3) is 0 Å². The van der Waals surface area contributed by atoms with E-state index in [4.69, 9.17) is 0 Å². The first-order valence-electron chi connectivity index (χ1n) is 4.93. The number of hydrogen-bond acceptors (Lipinski definition) is 4. The standard InChI is InChI=1S/C10H14N2O3S/c1-3-6-16(14,15)12-10-7-9(11-13)5-4-8(10)2/h4-5,7,12H,3,6H2,1-2H3. The fourth-order valence-corrected chi connectivity index (χ4v) is 2.46. The maximum Gasteiger partial charge on any atom is 0.232 e. The fourth-order valence-electron chi connectivity index (χ4n) is 1.26. The largest absolute Gasteiger partial charge is 0.283 e. The minimum atomic E-state index is -3.33. The minimum Gasteiger partial charge on any atom is -0.283 e. The molecule has 0 saturated heterocycles. The number of sulfonamides is 1. The van der Waals surface area contributed by atoms with Gasteiger partial charge in [-0.15, -0.1) is 4.91 Å². The van der Waals surface area contributed by atoms with Crippen molar-refractivity contribution >= 4 is 21.4 Å². The molecule has 0 aliphatic rings. The van der Waals surface area contributed by atoms with Crippen LogP contribution in [-0.4, -0.2) is 14.2 Å². The zero-order valence-corrected chi connectivity index (χ0v) is 10.0. The van der Waals surface area contributed by atoms with Crippen LogP contribution in [0.4, 0.5) is 11.4 Å². The van der Waals surface area contributed by atoms with Crippen LogP contribution in [-0.2, 0) is 10.0 Å². The van der Waals surface area contributed by atoms with Gasteiger partial charge in [0, 0.05) is 0 Å². The quantitative estimate of drug-likeness (QED) is 0.806. The summed E-state index contributed by atoms with van der Waals surface area (Å²) in [6.45, 7) is 3.55. The number of aryl methyl sites for hydroxylation is 1. The van der Waals surface area contributed by atoms with E-state index in [0.717, 1.165) is 5.56 Å². The van der Waals surface area contributed by atoms with Crippen molar-refractivity contribution < 1.29 is 8.42 Å². The Balaban J connectivity index is 3.00. The summed E-state index contributed by atoms with van der Waals surface area (Å²) in [5, 5.41) is 2.76. The highest BCUT2D eigenvalue weighted by Gasteiger charge is 2.10. The number of hydrogen-bond donors (Lipinski definition) is 1. The predicted octanol–water partition coefficient (Wildman–Crippen LogP) is 2.54. The Morgan fingerprint density at radius 1 is 1.38 bits per heavy atom. The molecule has 0 aliphatic heterocycles. The first-order valence-corrected chi connectivity index (χ1v) is 6.58. The van der Waals surface area contributed by atoms with Crippen molar-refractivity contribution in [3.8, 4) is 0 Å². The second-order valence-electron chi connectivity index (χ2n) is 3.51. The van der Waals surface area contributed by atoms with E-state index in [1.54, 1.807) is 26.0 Å². The molecule has 1 aromatic rings. The molecule has 1 N–H and O–H groups in total. The summed E-state index contributed by atoms with van der Waals surface area (Å²) in [6, 6.07) is 4.62. The highest BCUT2D eigenvalue weighted by atomic mass is 32.2. The van der Waals surface area contributed by atoms with Crippen molar-refractivity contribution in [1.82, 2.24) is 0 Å². The number of rotatable bonds is 5. The molecule has 0 atom stereocenters. The Hall–Kier alpha value is -1.43. The zero-order chi connectivity index (χ0) is 12.2. The Kier molecular flexibility index (Phi) is 4.00. The van der Waals surface area contributed by atoms with Gasteiger partial charge >= 0.3 is 0 Å². The third-order valence-electron chi connectivity index (χ3n) is 2.06. The van der Waals surface area contributed by atoms with Crippen LogP contribution in [0.25, 0.3) is 0 Å². The fraction of sp³-hybridized carbons (Fsp3) is 0.400. The molecular formula is C10H14N2O3S.